The highest BCUT2D eigenvalue weighted by atomic mass is 16.3. The highest BCUT2D eigenvalue weighted by Gasteiger charge is 2.29. The second-order valence-electron chi connectivity index (χ2n) is 6.34. The fourth-order valence-corrected chi connectivity index (χ4v) is 3.96. The van der Waals surface area contributed by atoms with E-state index in [9.17, 15) is 0 Å². The molecule has 0 N–H and O–H groups in total. The van der Waals surface area contributed by atoms with Gasteiger partial charge in [-0.1, -0.05) is 38.5 Å². The minimum Gasteiger partial charge on any atom is -0.468 e. The van der Waals surface area contributed by atoms with Crippen molar-refractivity contribution in [2.45, 2.75) is 82.8 Å². The van der Waals surface area contributed by atoms with Crippen LogP contribution in [0.3, 0.4) is 0 Å². The van der Waals surface area contributed by atoms with E-state index in [1.807, 2.05) is 12.3 Å². The van der Waals surface area contributed by atoms with E-state index in [4.69, 9.17) is 4.42 Å². The summed E-state index contributed by atoms with van der Waals surface area (Å²) in [4.78, 5) is 2.79. The number of hydrogen-bond donors (Lipinski definition) is 0. The van der Waals surface area contributed by atoms with E-state index in [0.29, 0.717) is 0 Å². The zero-order chi connectivity index (χ0) is 12.9. The van der Waals surface area contributed by atoms with Crippen LogP contribution in [0.25, 0.3) is 0 Å². The van der Waals surface area contributed by atoms with E-state index in [1.165, 1.54) is 64.2 Å². The standard InChI is InChI=1S/C17H27NO/c1-3-8-15(9-4-1)18(14-17-12-7-13-19-17)16-10-5-2-6-11-16/h7,12-13,15-16H,1-6,8-11,14H2. The van der Waals surface area contributed by atoms with Crippen molar-refractivity contribution in [2.24, 2.45) is 0 Å². The molecule has 1 heterocycles. The zero-order valence-electron chi connectivity index (χ0n) is 12.0. The molecule has 0 spiro atoms. The van der Waals surface area contributed by atoms with Gasteiger partial charge in [0.1, 0.15) is 5.76 Å². The Hall–Kier alpha value is -0.760. The van der Waals surface area contributed by atoms with Crippen molar-refractivity contribution < 1.29 is 4.42 Å². The van der Waals surface area contributed by atoms with Crippen molar-refractivity contribution in [1.29, 1.82) is 0 Å². The van der Waals surface area contributed by atoms with Gasteiger partial charge in [-0.15, -0.1) is 0 Å². The minimum atomic E-state index is 0.807. The van der Waals surface area contributed by atoms with E-state index in [2.05, 4.69) is 11.0 Å². The summed E-state index contributed by atoms with van der Waals surface area (Å²) in [6, 6.07) is 5.78. The molecule has 0 atom stereocenters. The summed E-state index contributed by atoms with van der Waals surface area (Å²) in [7, 11) is 0. The summed E-state index contributed by atoms with van der Waals surface area (Å²) >= 11 is 0. The van der Waals surface area contributed by atoms with Crippen LogP contribution >= 0.6 is 0 Å². The maximum atomic E-state index is 5.60. The molecule has 0 unspecified atom stereocenters. The topological polar surface area (TPSA) is 16.4 Å². The van der Waals surface area contributed by atoms with Crippen molar-refractivity contribution >= 4 is 0 Å². The fourth-order valence-electron chi connectivity index (χ4n) is 3.96. The molecule has 2 aliphatic carbocycles. The average Bonchev–Trinajstić information content (AvgIpc) is 3.00. The van der Waals surface area contributed by atoms with Crippen molar-refractivity contribution in [2.75, 3.05) is 0 Å². The predicted octanol–water partition coefficient (Wildman–Crippen LogP) is 4.75. The third kappa shape index (κ3) is 3.42. The maximum Gasteiger partial charge on any atom is 0.117 e. The molecule has 1 aromatic heterocycles. The lowest BCUT2D eigenvalue weighted by atomic mass is 9.88. The third-order valence-electron chi connectivity index (χ3n) is 5.01. The summed E-state index contributed by atoms with van der Waals surface area (Å²) in [6.45, 7) is 1.03. The smallest absolute Gasteiger partial charge is 0.117 e. The van der Waals surface area contributed by atoms with Gasteiger partial charge in [0.25, 0.3) is 0 Å². The van der Waals surface area contributed by atoms with Crippen LogP contribution in [0.1, 0.15) is 70.0 Å². The van der Waals surface area contributed by atoms with Gasteiger partial charge in [0.05, 0.1) is 12.8 Å². The van der Waals surface area contributed by atoms with Gasteiger partial charge in [-0.2, -0.15) is 0 Å². The first-order valence-corrected chi connectivity index (χ1v) is 8.21. The SMILES string of the molecule is c1coc(CN(C2CCCCC2)C2CCCCC2)c1. The monoisotopic (exact) mass is 261 g/mol. The molecule has 0 aromatic carbocycles. The number of rotatable bonds is 4. The maximum absolute atomic E-state index is 5.60. The largest absolute Gasteiger partial charge is 0.468 e. The molecule has 2 heteroatoms. The highest BCUT2D eigenvalue weighted by molar-refractivity contribution is 4.99. The molecule has 0 bridgehead atoms. The van der Waals surface area contributed by atoms with Gasteiger partial charge in [0, 0.05) is 12.1 Å². The first-order chi connectivity index (χ1) is 9.43. The Morgan fingerprint density at radius 1 is 0.895 bits per heavy atom. The van der Waals surface area contributed by atoms with Crippen molar-refractivity contribution in [3.8, 4) is 0 Å². The van der Waals surface area contributed by atoms with Crippen LogP contribution in [0.15, 0.2) is 22.8 Å². The molecule has 2 aliphatic rings. The fraction of sp³-hybridized carbons (Fsp3) is 0.765. The van der Waals surface area contributed by atoms with Gasteiger partial charge in [-0.25, -0.2) is 0 Å². The highest BCUT2D eigenvalue weighted by Crippen LogP contribution is 2.31. The van der Waals surface area contributed by atoms with Gasteiger partial charge >= 0.3 is 0 Å². The predicted molar refractivity (Wildman–Crippen MR) is 78.0 cm³/mol. The molecule has 2 saturated carbocycles. The lowest BCUT2D eigenvalue weighted by molar-refractivity contribution is 0.0663. The van der Waals surface area contributed by atoms with Gasteiger partial charge in [0.15, 0.2) is 0 Å². The molecule has 3 rings (SSSR count). The Morgan fingerprint density at radius 3 is 1.95 bits per heavy atom. The van der Waals surface area contributed by atoms with Gasteiger partial charge in [-0.3, -0.25) is 4.90 Å². The quantitative estimate of drug-likeness (QED) is 0.778. The Labute approximate surface area is 117 Å². The number of hydrogen-bond acceptors (Lipinski definition) is 2. The van der Waals surface area contributed by atoms with E-state index in [0.717, 1.165) is 24.4 Å². The van der Waals surface area contributed by atoms with E-state index >= 15 is 0 Å². The van der Waals surface area contributed by atoms with Gasteiger partial charge < -0.3 is 4.42 Å². The second kappa shape index (κ2) is 6.60. The Balaban J connectivity index is 1.69. The molecule has 0 saturated heterocycles. The molecule has 1 aromatic rings. The average molecular weight is 261 g/mol. The summed E-state index contributed by atoms with van der Waals surface area (Å²) in [6.07, 6.45) is 16.0. The van der Waals surface area contributed by atoms with E-state index in [1.54, 1.807) is 0 Å². The van der Waals surface area contributed by atoms with Crippen LogP contribution in [0.2, 0.25) is 0 Å². The first-order valence-electron chi connectivity index (χ1n) is 8.21. The van der Waals surface area contributed by atoms with Crippen LogP contribution in [0.5, 0.6) is 0 Å². The lowest BCUT2D eigenvalue weighted by Gasteiger charge is -2.41. The molecule has 2 fully saturated rings. The molecule has 0 aliphatic heterocycles. The van der Waals surface area contributed by atoms with Crippen LogP contribution in [0, 0.1) is 0 Å². The summed E-state index contributed by atoms with van der Waals surface area (Å²) in [5.74, 6) is 1.15. The Kier molecular flexibility index (Phi) is 4.60. The Morgan fingerprint density at radius 2 is 1.47 bits per heavy atom. The Bertz CT molecular complexity index is 329. The van der Waals surface area contributed by atoms with Crippen LogP contribution < -0.4 is 0 Å². The molecule has 0 radical (unpaired) electrons. The molecular formula is C17H27NO. The zero-order valence-corrected chi connectivity index (χ0v) is 12.0. The van der Waals surface area contributed by atoms with Crippen LogP contribution in [-0.2, 0) is 6.54 Å². The summed E-state index contributed by atoms with van der Waals surface area (Å²) in [5, 5.41) is 0. The molecule has 106 valence electrons. The number of furan rings is 1. The van der Waals surface area contributed by atoms with E-state index < -0.39 is 0 Å². The van der Waals surface area contributed by atoms with Crippen LogP contribution in [-0.4, -0.2) is 17.0 Å². The van der Waals surface area contributed by atoms with E-state index in [-0.39, 0.29) is 0 Å². The normalized spacial score (nSPS) is 23.0. The lowest BCUT2D eigenvalue weighted by Crippen LogP contribution is -2.44. The third-order valence-corrected chi connectivity index (χ3v) is 5.01. The van der Waals surface area contributed by atoms with Crippen molar-refractivity contribution in [1.82, 2.24) is 4.90 Å². The van der Waals surface area contributed by atoms with Gasteiger partial charge in [-0.05, 0) is 37.8 Å². The van der Waals surface area contributed by atoms with Crippen molar-refractivity contribution in [3.05, 3.63) is 24.2 Å². The number of nitrogens with zero attached hydrogens (tertiary/aromatic N) is 1. The minimum absolute atomic E-state index is 0.807. The molecule has 0 amide bonds. The summed E-state index contributed by atoms with van der Waals surface area (Å²) < 4.78 is 5.60. The van der Waals surface area contributed by atoms with Gasteiger partial charge in [0.2, 0.25) is 0 Å². The summed E-state index contributed by atoms with van der Waals surface area (Å²) in [5.41, 5.74) is 0. The molecule has 19 heavy (non-hydrogen) atoms. The second-order valence-corrected chi connectivity index (χ2v) is 6.34. The van der Waals surface area contributed by atoms with Crippen LogP contribution in [0.4, 0.5) is 0 Å². The molecule has 2 nitrogen and oxygen atoms in total. The first kappa shape index (κ1) is 13.2. The van der Waals surface area contributed by atoms with Crippen molar-refractivity contribution in [3.63, 3.8) is 0 Å². The molecular weight excluding hydrogens is 234 g/mol.